The van der Waals surface area contributed by atoms with Crippen LogP contribution in [0.25, 0.3) is 10.9 Å². The molecule has 0 saturated carbocycles. The van der Waals surface area contributed by atoms with Crippen molar-refractivity contribution in [1.29, 1.82) is 0 Å². The first kappa shape index (κ1) is 12.6. The van der Waals surface area contributed by atoms with Crippen molar-refractivity contribution in [3.63, 3.8) is 0 Å². The standard InChI is InChI=1S/C12H12F3N3/c1-7-4-5-9-8(6-7)10(18(2)3)17-11(16-9)12(13,14)15/h4-6H,1-3H3. The van der Waals surface area contributed by atoms with Gasteiger partial charge in [0.25, 0.3) is 0 Å². The zero-order valence-electron chi connectivity index (χ0n) is 10.2. The Bertz CT molecular complexity index is 591. The van der Waals surface area contributed by atoms with Gasteiger partial charge in [-0.15, -0.1) is 0 Å². The number of hydrogen-bond donors (Lipinski definition) is 0. The third kappa shape index (κ3) is 2.23. The molecule has 1 aromatic carbocycles. The van der Waals surface area contributed by atoms with Crippen LogP contribution in [0.3, 0.4) is 0 Å². The number of benzene rings is 1. The van der Waals surface area contributed by atoms with E-state index in [4.69, 9.17) is 0 Å². The van der Waals surface area contributed by atoms with E-state index in [1.807, 2.05) is 6.92 Å². The molecule has 0 aliphatic rings. The summed E-state index contributed by atoms with van der Waals surface area (Å²) in [7, 11) is 3.31. The molecule has 6 heteroatoms. The van der Waals surface area contributed by atoms with Crippen molar-refractivity contribution in [3.05, 3.63) is 29.6 Å². The first-order chi connectivity index (χ1) is 8.29. The summed E-state index contributed by atoms with van der Waals surface area (Å²) < 4.78 is 38.1. The molecular formula is C12H12F3N3. The van der Waals surface area contributed by atoms with Crippen molar-refractivity contribution < 1.29 is 13.2 Å². The van der Waals surface area contributed by atoms with E-state index in [0.29, 0.717) is 10.9 Å². The zero-order valence-corrected chi connectivity index (χ0v) is 10.2. The van der Waals surface area contributed by atoms with Gasteiger partial charge in [0, 0.05) is 19.5 Å². The van der Waals surface area contributed by atoms with E-state index in [9.17, 15) is 13.2 Å². The highest BCUT2D eigenvalue weighted by molar-refractivity contribution is 5.89. The molecule has 3 nitrogen and oxygen atoms in total. The number of rotatable bonds is 1. The molecule has 0 fully saturated rings. The molecule has 18 heavy (non-hydrogen) atoms. The second-order valence-electron chi connectivity index (χ2n) is 4.28. The summed E-state index contributed by atoms with van der Waals surface area (Å²) in [6, 6.07) is 5.09. The first-order valence-corrected chi connectivity index (χ1v) is 5.32. The molecule has 1 heterocycles. The molecule has 0 aliphatic carbocycles. The van der Waals surface area contributed by atoms with Gasteiger partial charge in [-0.3, -0.25) is 0 Å². The second-order valence-corrected chi connectivity index (χ2v) is 4.28. The highest BCUT2D eigenvalue weighted by atomic mass is 19.4. The Morgan fingerprint density at radius 1 is 1.11 bits per heavy atom. The Morgan fingerprint density at radius 3 is 2.33 bits per heavy atom. The molecule has 0 aliphatic heterocycles. The fourth-order valence-corrected chi connectivity index (χ4v) is 1.69. The molecule has 0 bridgehead atoms. The third-order valence-electron chi connectivity index (χ3n) is 2.51. The zero-order chi connectivity index (χ0) is 13.5. The van der Waals surface area contributed by atoms with Crippen LogP contribution < -0.4 is 4.90 Å². The number of aromatic nitrogens is 2. The summed E-state index contributed by atoms with van der Waals surface area (Å²) in [6.07, 6.45) is -4.54. The van der Waals surface area contributed by atoms with E-state index in [1.54, 1.807) is 37.2 Å². The number of halogens is 3. The minimum atomic E-state index is -4.54. The molecule has 0 N–H and O–H groups in total. The SMILES string of the molecule is Cc1ccc2nc(C(F)(F)F)nc(N(C)C)c2c1. The quantitative estimate of drug-likeness (QED) is 0.784. The molecule has 0 amide bonds. The summed E-state index contributed by atoms with van der Waals surface area (Å²) >= 11 is 0. The van der Waals surface area contributed by atoms with Crippen LogP contribution >= 0.6 is 0 Å². The van der Waals surface area contributed by atoms with Gasteiger partial charge in [0.05, 0.1) is 5.52 Å². The summed E-state index contributed by atoms with van der Waals surface area (Å²) in [6.45, 7) is 1.87. The van der Waals surface area contributed by atoms with Crippen LogP contribution in [0.2, 0.25) is 0 Å². The molecule has 1 aromatic heterocycles. The van der Waals surface area contributed by atoms with Crippen molar-refractivity contribution in [2.75, 3.05) is 19.0 Å². The summed E-state index contributed by atoms with van der Waals surface area (Å²) in [5.41, 5.74) is 1.25. The maximum absolute atomic E-state index is 12.7. The lowest BCUT2D eigenvalue weighted by Gasteiger charge is -2.16. The van der Waals surface area contributed by atoms with E-state index in [2.05, 4.69) is 9.97 Å². The van der Waals surface area contributed by atoms with E-state index in [-0.39, 0.29) is 5.82 Å². The number of aryl methyl sites for hydroxylation is 1. The molecule has 0 radical (unpaired) electrons. The van der Waals surface area contributed by atoms with Crippen LogP contribution in [-0.2, 0) is 6.18 Å². The molecule has 2 aromatic rings. The minimum absolute atomic E-state index is 0.274. The van der Waals surface area contributed by atoms with Crippen molar-refractivity contribution >= 4 is 16.7 Å². The third-order valence-corrected chi connectivity index (χ3v) is 2.51. The first-order valence-electron chi connectivity index (χ1n) is 5.32. The Kier molecular flexibility index (Phi) is 2.88. The number of anilines is 1. The summed E-state index contributed by atoms with van der Waals surface area (Å²) in [5, 5.41) is 0.619. The lowest BCUT2D eigenvalue weighted by molar-refractivity contribution is -0.144. The van der Waals surface area contributed by atoms with Crippen LogP contribution in [0.15, 0.2) is 18.2 Å². The maximum Gasteiger partial charge on any atom is 0.451 e. The van der Waals surface area contributed by atoms with E-state index in [0.717, 1.165) is 5.56 Å². The number of fused-ring (bicyclic) bond motifs is 1. The van der Waals surface area contributed by atoms with Gasteiger partial charge >= 0.3 is 6.18 Å². The Labute approximate surface area is 102 Å². The highest BCUT2D eigenvalue weighted by Crippen LogP contribution is 2.31. The van der Waals surface area contributed by atoms with Gasteiger partial charge in [0.1, 0.15) is 5.82 Å². The molecule has 0 unspecified atom stereocenters. The monoisotopic (exact) mass is 255 g/mol. The number of hydrogen-bond acceptors (Lipinski definition) is 3. The van der Waals surface area contributed by atoms with Gasteiger partial charge in [0.2, 0.25) is 5.82 Å². The lowest BCUT2D eigenvalue weighted by Crippen LogP contribution is -2.17. The van der Waals surface area contributed by atoms with Crippen molar-refractivity contribution in [2.24, 2.45) is 0 Å². The van der Waals surface area contributed by atoms with E-state index in [1.165, 1.54) is 0 Å². The fourth-order valence-electron chi connectivity index (χ4n) is 1.69. The van der Waals surface area contributed by atoms with Gasteiger partial charge in [-0.25, -0.2) is 9.97 Å². The van der Waals surface area contributed by atoms with Crippen LogP contribution in [0, 0.1) is 6.92 Å². The summed E-state index contributed by atoms with van der Waals surface area (Å²) in [5.74, 6) is -0.835. The van der Waals surface area contributed by atoms with Crippen LogP contribution in [0.4, 0.5) is 19.0 Å². The van der Waals surface area contributed by atoms with Crippen molar-refractivity contribution in [3.8, 4) is 0 Å². The number of alkyl halides is 3. The maximum atomic E-state index is 12.7. The van der Waals surface area contributed by atoms with E-state index < -0.39 is 12.0 Å². The largest absolute Gasteiger partial charge is 0.451 e. The van der Waals surface area contributed by atoms with Gasteiger partial charge in [-0.2, -0.15) is 13.2 Å². The van der Waals surface area contributed by atoms with E-state index >= 15 is 0 Å². The molecule has 0 atom stereocenters. The van der Waals surface area contributed by atoms with Gasteiger partial charge in [-0.1, -0.05) is 11.6 Å². The minimum Gasteiger partial charge on any atom is -0.362 e. The highest BCUT2D eigenvalue weighted by Gasteiger charge is 2.35. The average Bonchev–Trinajstić information content (AvgIpc) is 2.25. The van der Waals surface area contributed by atoms with Crippen LogP contribution in [0.5, 0.6) is 0 Å². The fraction of sp³-hybridized carbons (Fsp3) is 0.333. The van der Waals surface area contributed by atoms with Crippen molar-refractivity contribution in [2.45, 2.75) is 13.1 Å². The molecule has 2 rings (SSSR count). The van der Waals surface area contributed by atoms with Gasteiger partial charge in [0.15, 0.2) is 0 Å². The molecule has 96 valence electrons. The Morgan fingerprint density at radius 2 is 1.78 bits per heavy atom. The van der Waals surface area contributed by atoms with Crippen LogP contribution in [0.1, 0.15) is 11.4 Å². The normalized spacial score (nSPS) is 11.9. The number of nitrogens with zero attached hydrogens (tertiary/aromatic N) is 3. The van der Waals surface area contributed by atoms with Crippen LogP contribution in [-0.4, -0.2) is 24.1 Å². The predicted molar refractivity (Wildman–Crippen MR) is 63.6 cm³/mol. The summed E-state index contributed by atoms with van der Waals surface area (Å²) in [4.78, 5) is 8.72. The molecule has 0 saturated heterocycles. The van der Waals surface area contributed by atoms with Crippen molar-refractivity contribution in [1.82, 2.24) is 9.97 Å². The average molecular weight is 255 g/mol. The molecule has 0 spiro atoms. The molecular weight excluding hydrogens is 243 g/mol. The Hall–Kier alpha value is -1.85. The topological polar surface area (TPSA) is 29.0 Å². The Balaban J connectivity index is 2.79. The predicted octanol–water partition coefficient (Wildman–Crippen LogP) is 3.02. The second kappa shape index (κ2) is 4.12. The lowest BCUT2D eigenvalue weighted by atomic mass is 10.1. The van der Waals surface area contributed by atoms with Gasteiger partial charge in [-0.05, 0) is 19.1 Å². The van der Waals surface area contributed by atoms with Gasteiger partial charge < -0.3 is 4.90 Å². The smallest absolute Gasteiger partial charge is 0.362 e.